The molecule has 0 aliphatic carbocycles. The fourth-order valence-electron chi connectivity index (χ4n) is 1.84. The van der Waals surface area contributed by atoms with E-state index in [0.717, 1.165) is 19.0 Å². The molecule has 0 radical (unpaired) electrons. The molecule has 0 amide bonds. The second-order valence-corrected chi connectivity index (χ2v) is 4.05. The SMILES string of the molecule is CCN(CCCl)CCN1CCCC1. The molecular weight excluding hydrogens is 184 g/mol. The van der Waals surface area contributed by atoms with Gasteiger partial charge in [-0.05, 0) is 32.5 Å². The van der Waals surface area contributed by atoms with Crippen molar-refractivity contribution in [1.82, 2.24) is 9.80 Å². The molecule has 0 spiro atoms. The highest BCUT2D eigenvalue weighted by Crippen LogP contribution is 2.06. The summed E-state index contributed by atoms with van der Waals surface area (Å²) in [5.74, 6) is 0.758. The van der Waals surface area contributed by atoms with Crippen LogP contribution in [0, 0.1) is 0 Å². The van der Waals surface area contributed by atoms with Gasteiger partial charge in [-0.3, -0.25) is 0 Å². The van der Waals surface area contributed by atoms with Crippen LogP contribution < -0.4 is 0 Å². The Morgan fingerprint density at radius 3 is 2.46 bits per heavy atom. The van der Waals surface area contributed by atoms with E-state index in [4.69, 9.17) is 11.6 Å². The predicted molar refractivity (Wildman–Crippen MR) is 58.5 cm³/mol. The maximum atomic E-state index is 5.72. The molecule has 1 heterocycles. The molecule has 0 saturated carbocycles. The summed E-state index contributed by atoms with van der Waals surface area (Å²) in [6, 6.07) is 0. The molecule has 0 bridgehead atoms. The quantitative estimate of drug-likeness (QED) is 0.608. The van der Waals surface area contributed by atoms with Crippen LogP contribution in [0.15, 0.2) is 0 Å². The van der Waals surface area contributed by atoms with E-state index in [1.54, 1.807) is 0 Å². The summed E-state index contributed by atoms with van der Waals surface area (Å²) in [5.41, 5.74) is 0. The van der Waals surface area contributed by atoms with Crippen LogP contribution in [-0.2, 0) is 0 Å². The number of alkyl halides is 1. The zero-order chi connectivity index (χ0) is 9.52. The molecule has 3 heteroatoms. The zero-order valence-corrected chi connectivity index (χ0v) is 9.39. The summed E-state index contributed by atoms with van der Waals surface area (Å²) in [5, 5.41) is 0. The van der Waals surface area contributed by atoms with Crippen LogP contribution in [0.1, 0.15) is 19.8 Å². The molecule has 0 aromatic carbocycles. The first-order valence-corrected chi connectivity index (χ1v) is 5.91. The van der Waals surface area contributed by atoms with Crippen molar-refractivity contribution < 1.29 is 0 Å². The fourth-order valence-corrected chi connectivity index (χ4v) is 2.08. The molecule has 0 unspecified atom stereocenters. The third-order valence-electron chi connectivity index (χ3n) is 2.78. The molecule has 0 aromatic heterocycles. The lowest BCUT2D eigenvalue weighted by Crippen LogP contribution is -2.34. The summed E-state index contributed by atoms with van der Waals surface area (Å²) >= 11 is 5.72. The smallest absolute Gasteiger partial charge is 0.0351 e. The van der Waals surface area contributed by atoms with Gasteiger partial charge in [0.1, 0.15) is 0 Å². The second-order valence-electron chi connectivity index (χ2n) is 3.67. The van der Waals surface area contributed by atoms with Crippen molar-refractivity contribution in [2.24, 2.45) is 0 Å². The molecular formula is C10H21ClN2. The van der Waals surface area contributed by atoms with Crippen molar-refractivity contribution in [1.29, 1.82) is 0 Å². The molecule has 0 N–H and O–H groups in total. The standard InChI is InChI=1S/C10H21ClN2/c1-2-12(8-5-11)9-10-13-6-3-4-7-13/h2-10H2,1H3. The normalized spacial score (nSPS) is 18.7. The Morgan fingerprint density at radius 1 is 1.23 bits per heavy atom. The molecule has 2 nitrogen and oxygen atoms in total. The minimum atomic E-state index is 0.758. The molecule has 1 aliphatic rings. The first kappa shape index (κ1) is 11.3. The fraction of sp³-hybridized carbons (Fsp3) is 1.00. The van der Waals surface area contributed by atoms with E-state index in [9.17, 15) is 0 Å². The summed E-state index contributed by atoms with van der Waals surface area (Å²) < 4.78 is 0. The maximum absolute atomic E-state index is 5.72. The van der Waals surface area contributed by atoms with Crippen molar-refractivity contribution in [3.05, 3.63) is 0 Å². The number of likely N-dealkylation sites (tertiary alicyclic amines) is 1. The number of hydrogen-bond acceptors (Lipinski definition) is 2. The van der Waals surface area contributed by atoms with Gasteiger partial charge in [-0.15, -0.1) is 11.6 Å². The molecule has 0 atom stereocenters. The Balaban J connectivity index is 2.07. The number of rotatable bonds is 6. The summed E-state index contributed by atoms with van der Waals surface area (Å²) in [4.78, 5) is 4.97. The van der Waals surface area contributed by atoms with Gasteiger partial charge in [0.25, 0.3) is 0 Å². The van der Waals surface area contributed by atoms with Gasteiger partial charge in [0, 0.05) is 25.5 Å². The van der Waals surface area contributed by atoms with Crippen LogP contribution in [0.2, 0.25) is 0 Å². The summed E-state index contributed by atoms with van der Waals surface area (Å²) in [6.07, 6.45) is 2.78. The average Bonchev–Trinajstić information content (AvgIpc) is 2.64. The topological polar surface area (TPSA) is 6.48 Å². The van der Waals surface area contributed by atoms with Gasteiger partial charge in [0.15, 0.2) is 0 Å². The first-order chi connectivity index (χ1) is 6.36. The number of hydrogen-bond donors (Lipinski definition) is 0. The van der Waals surface area contributed by atoms with Gasteiger partial charge in [0.2, 0.25) is 0 Å². The Labute approximate surface area is 86.8 Å². The van der Waals surface area contributed by atoms with Crippen molar-refractivity contribution in [2.75, 3.05) is 45.1 Å². The number of likely N-dealkylation sites (N-methyl/N-ethyl adjacent to an activating group) is 1. The van der Waals surface area contributed by atoms with E-state index in [1.165, 1.54) is 39.0 Å². The van der Waals surface area contributed by atoms with Crippen LogP contribution in [0.3, 0.4) is 0 Å². The van der Waals surface area contributed by atoms with E-state index in [1.807, 2.05) is 0 Å². The van der Waals surface area contributed by atoms with Crippen LogP contribution in [0.4, 0.5) is 0 Å². The van der Waals surface area contributed by atoms with Gasteiger partial charge < -0.3 is 9.80 Å². The third kappa shape index (κ3) is 4.30. The minimum Gasteiger partial charge on any atom is -0.302 e. The Bertz CT molecular complexity index is 124. The van der Waals surface area contributed by atoms with Crippen molar-refractivity contribution >= 4 is 11.6 Å². The highest BCUT2D eigenvalue weighted by atomic mass is 35.5. The van der Waals surface area contributed by atoms with E-state index < -0.39 is 0 Å². The van der Waals surface area contributed by atoms with Gasteiger partial charge in [-0.1, -0.05) is 6.92 Å². The predicted octanol–water partition coefficient (Wildman–Crippen LogP) is 1.64. The van der Waals surface area contributed by atoms with Gasteiger partial charge in [-0.25, -0.2) is 0 Å². The number of nitrogens with zero attached hydrogens (tertiary/aromatic N) is 2. The van der Waals surface area contributed by atoms with Crippen molar-refractivity contribution in [2.45, 2.75) is 19.8 Å². The molecule has 1 rings (SSSR count). The molecule has 78 valence electrons. The van der Waals surface area contributed by atoms with E-state index in [-0.39, 0.29) is 0 Å². The van der Waals surface area contributed by atoms with Crippen LogP contribution >= 0.6 is 11.6 Å². The van der Waals surface area contributed by atoms with E-state index in [2.05, 4.69) is 16.7 Å². The largest absolute Gasteiger partial charge is 0.302 e. The van der Waals surface area contributed by atoms with Gasteiger partial charge in [-0.2, -0.15) is 0 Å². The van der Waals surface area contributed by atoms with E-state index >= 15 is 0 Å². The first-order valence-electron chi connectivity index (χ1n) is 5.37. The van der Waals surface area contributed by atoms with Crippen LogP contribution in [0.25, 0.3) is 0 Å². The summed E-state index contributed by atoms with van der Waals surface area (Å²) in [6.45, 7) is 9.38. The maximum Gasteiger partial charge on any atom is 0.0351 e. The Kier molecular flexibility index (Phi) is 5.76. The van der Waals surface area contributed by atoms with Crippen molar-refractivity contribution in [3.8, 4) is 0 Å². The molecule has 1 saturated heterocycles. The minimum absolute atomic E-state index is 0.758. The zero-order valence-electron chi connectivity index (χ0n) is 8.64. The van der Waals surface area contributed by atoms with Crippen LogP contribution in [-0.4, -0.2) is 54.9 Å². The summed E-state index contributed by atoms with van der Waals surface area (Å²) in [7, 11) is 0. The lowest BCUT2D eigenvalue weighted by atomic mass is 10.4. The number of halogens is 1. The highest BCUT2D eigenvalue weighted by Gasteiger charge is 2.11. The second kappa shape index (κ2) is 6.63. The van der Waals surface area contributed by atoms with Gasteiger partial charge >= 0.3 is 0 Å². The highest BCUT2D eigenvalue weighted by molar-refractivity contribution is 6.18. The lowest BCUT2D eigenvalue weighted by molar-refractivity contribution is 0.242. The van der Waals surface area contributed by atoms with Crippen molar-refractivity contribution in [3.63, 3.8) is 0 Å². The third-order valence-corrected chi connectivity index (χ3v) is 2.95. The average molecular weight is 205 g/mol. The lowest BCUT2D eigenvalue weighted by Gasteiger charge is -2.22. The molecule has 1 aliphatic heterocycles. The van der Waals surface area contributed by atoms with Crippen LogP contribution in [0.5, 0.6) is 0 Å². The molecule has 13 heavy (non-hydrogen) atoms. The Morgan fingerprint density at radius 2 is 1.92 bits per heavy atom. The molecule has 0 aromatic rings. The molecule has 1 fully saturated rings. The monoisotopic (exact) mass is 204 g/mol. The van der Waals surface area contributed by atoms with Gasteiger partial charge in [0.05, 0.1) is 0 Å². The Hall–Kier alpha value is 0.210. The van der Waals surface area contributed by atoms with E-state index in [0.29, 0.717) is 0 Å².